The van der Waals surface area contributed by atoms with E-state index in [2.05, 4.69) is 15.6 Å². The quantitative estimate of drug-likeness (QED) is 0.783. The van der Waals surface area contributed by atoms with Crippen LogP contribution in [0.5, 0.6) is 0 Å². The van der Waals surface area contributed by atoms with Crippen molar-refractivity contribution in [1.82, 2.24) is 15.0 Å². The van der Waals surface area contributed by atoms with Crippen molar-refractivity contribution >= 4 is 23.2 Å². The van der Waals surface area contributed by atoms with E-state index in [9.17, 15) is 9.18 Å². The molecule has 1 N–H and O–H groups in total. The fraction of sp³-hybridized carbons (Fsp3) is 0.118. The van der Waals surface area contributed by atoms with E-state index in [1.807, 2.05) is 19.1 Å². The lowest BCUT2D eigenvalue weighted by Crippen LogP contribution is -2.15. The summed E-state index contributed by atoms with van der Waals surface area (Å²) in [5, 5.41) is 11.0. The molecule has 0 spiro atoms. The first-order valence-electron chi connectivity index (χ1n) is 7.22. The second kappa shape index (κ2) is 6.41. The minimum Gasteiger partial charge on any atom is -0.318 e. The van der Waals surface area contributed by atoms with Crippen LogP contribution in [0, 0.1) is 19.7 Å². The summed E-state index contributed by atoms with van der Waals surface area (Å²) in [5.74, 6) is -1.04. The molecule has 0 saturated carbocycles. The molecule has 0 unspecified atom stereocenters. The molecule has 122 valence electrons. The molecule has 0 aliphatic heterocycles. The summed E-state index contributed by atoms with van der Waals surface area (Å²) < 4.78 is 15.2. The summed E-state index contributed by atoms with van der Waals surface area (Å²) in [6.07, 6.45) is 0. The number of carbonyl (C=O) groups excluding carboxylic acids is 1. The number of nitrogens with zero attached hydrogens (tertiary/aromatic N) is 3. The average Bonchev–Trinajstić information content (AvgIpc) is 2.94. The Bertz CT molecular complexity index is 923. The van der Waals surface area contributed by atoms with E-state index < -0.39 is 11.7 Å². The molecule has 3 rings (SSSR count). The van der Waals surface area contributed by atoms with Crippen LogP contribution in [-0.4, -0.2) is 20.9 Å². The van der Waals surface area contributed by atoms with Crippen LogP contribution < -0.4 is 5.32 Å². The van der Waals surface area contributed by atoms with Gasteiger partial charge in [-0.2, -0.15) is 0 Å². The van der Waals surface area contributed by atoms with E-state index in [4.69, 9.17) is 11.6 Å². The molecule has 24 heavy (non-hydrogen) atoms. The highest BCUT2D eigenvalue weighted by Crippen LogP contribution is 2.21. The van der Waals surface area contributed by atoms with Gasteiger partial charge in [-0.25, -0.2) is 9.07 Å². The van der Waals surface area contributed by atoms with Gasteiger partial charge in [0.15, 0.2) is 5.69 Å². The summed E-state index contributed by atoms with van der Waals surface area (Å²) >= 11 is 6.13. The SMILES string of the molecule is Cc1ccc(-n2nnc(C(=O)Nc3ccccc3F)c2C)cc1Cl. The molecular weight excluding hydrogens is 331 g/mol. The maximum atomic E-state index is 13.6. The van der Waals surface area contributed by atoms with E-state index >= 15 is 0 Å². The molecule has 1 aromatic heterocycles. The van der Waals surface area contributed by atoms with Crippen molar-refractivity contribution < 1.29 is 9.18 Å². The smallest absolute Gasteiger partial charge is 0.278 e. The number of benzene rings is 2. The highest BCUT2D eigenvalue weighted by Gasteiger charge is 2.18. The molecule has 0 aliphatic carbocycles. The molecule has 0 atom stereocenters. The van der Waals surface area contributed by atoms with Gasteiger partial charge >= 0.3 is 0 Å². The van der Waals surface area contributed by atoms with Gasteiger partial charge < -0.3 is 5.32 Å². The predicted molar refractivity (Wildman–Crippen MR) is 90.2 cm³/mol. The maximum Gasteiger partial charge on any atom is 0.278 e. The normalized spacial score (nSPS) is 10.7. The Morgan fingerprint density at radius 3 is 2.67 bits per heavy atom. The number of hydrogen-bond acceptors (Lipinski definition) is 3. The number of halogens is 2. The molecular formula is C17H14ClFN4O. The molecule has 0 fully saturated rings. The van der Waals surface area contributed by atoms with Gasteiger partial charge in [0.05, 0.1) is 17.1 Å². The monoisotopic (exact) mass is 344 g/mol. The lowest BCUT2D eigenvalue weighted by atomic mass is 10.2. The summed E-state index contributed by atoms with van der Waals surface area (Å²) in [5.41, 5.74) is 2.38. The zero-order chi connectivity index (χ0) is 17.3. The van der Waals surface area contributed by atoms with Crippen molar-refractivity contribution in [2.45, 2.75) is 13.8 Å². The molecule has 3 aromatic rings. The fourth-order valence-electron chi connectivity index (χ4n) is 2.24. The highest BCUT2D eigenvalue weighted by molar-refractivity contribution is 6.31. The lowest BCUT2D eigenvalue weighted by Gasteiger charge is -2.07. The molecule has 0 radical (unpaired) electrons. The molecule has 0 bridgehead atoms. The Hall–Kier alpha value is -2.73. The van der Waals surface area contributed by atoms with Gasteiger partial charge in [0.25, 0.3) is 5.91 Å². The molecule has 0 saturated heterocycles. The van der Waals surface area contributed by atoms with E-state index in [-0.39, 0.29) is 11.4 Å². The summed E-state index contributed by atoms with van der Waals surface area (Å²) in [6.45, 7) is 3.61. The largest absolute Gasteiger partial charge is 0.318 e. The average molecular weight is 345 g/mol. The second-order valence-corrected chi connectivity index (χ2v) is 5.71. The van der Waals surface area contributed by atoms with E-state index in [0.29, 0.717) is 16.4 Å². The minimum atomic E-state index is -0.526. The number of para-hydroxylation sites is 1. The van der Waals surface area contributed by atoms with Gasteiger partial charge in [0, 0.05) is 5.02 Å². The van der Waals surface area contributed by atoms with Crippen molar-refractivity contribution in [3.63, 3.8) is 0 Å². The van der Waals surface area contributed by atoms with Crippen LogP contribution in [0.2, 0.25) is 5.02 Å². The number of amides is 1. The Balaban J connectivity index is 1.91. The zero-order valence-electron chi connectivity index (χ0n) is 13.0. The minimum absolute atomic E-state index is 0.0924. The Morgan fingerprint density at radius 2 is 1.96 bits per heavy atom. The fourth-order valence-corrected chi connectivity index (χ4v) is 2.42. The number of hydrogen-bond donors (Lipinski definition) is 1. The predicted octanol–water partition coefficient (Wildman–Crippen LogP) is 3.93. The van der Waals surface area contributed by atoms with Gasteiger partial charge in [-0.1, -0.05) is 35.0 Å². The molecule has 7 heteroatoms. The van der Waals surface area contributed by atoms with Crippen molar-refractivity contribution in [3.8, 4) is 5.69 Å². The third kappa shape index (κ3) is 3.00. The molecule has 0 aliphatic rings. The number of rotatable bonds is 3. The van der Waals surface area contributed by atoms with Crippen molar-refractivity contribution in [2.24, 2.45) is 0 Å². The number of anilines is 1. The van der Waals surface area contributed by atoms with Crippen LogP contribution in [0.15, 0.2) is 42.5 Å². The van der Waals surface area contributed by atoms with Crippen LogP contribution in [0.25, 0.3) is 5.69 Å². The second-order valence-electron chi connectivity index (χ2n) is 5.30. The molecule has 1 amide bonds. The van der Waals surface area contributed by atoms with Crippen LogP contribution in [0.1, 0.15) is 21.7 Å². The zero-order valence-corrected chi connectivity index (χ0v) is 13.8. The Morgan fingerprint density at radius 1 is 1.21 bits per heavy atom. The van der Waals surface area contributed by atoms with Crippen LogP contribution >= 0.6 is 11.6 Å². The van der Waals surface area contributed by atoms with Gasteiger partial charge in [0.2, 0.25) is 0 Å². The molecule has 1 heterocycles. The summed E-state index contributed by atoms with van der Waals surface area (Å²) in [6, 6.07) is 11.4. The van der Waals surface area contributed by atoms with E-state index in [0.717, 1.165) is 5.56 Å². The van der Waals surface area contributed by atoms with Gasteiger partial charge in [-0.05, 0) is 43.7 Å². The summed E-state index contributed by atoms with van der Waals surface area (Å²) in [7, 11) is 0. The molecule has 5 nitrogen and oxygen atoms in total. The maximum absolute atomic E-state index is 13.6. The highest BCUT2D eigenvalue weighted by atomic mass is 35.5. The number of carbonyl (C=O) groups is 1. The Labute approximate surface area is 143 Å². The number of nitrogens with one attached hydrogen (secondary N) is 1. The third-order valence-electron chi connectivity index (χ3n) is 3.63. The first-order valence-corrected chi connectivity index (χ1v) is 7.60. The van der Waals surface area contributed by atoms with Crippen molar-refractivity contribution in [2.75, 3.05) is 5.32 Å². The Kier molecular flexibility index (Phi) is 4.31. The number of aryl methyl sites for hydroxylation is 1. The molecule has 2 aromatic carbocycles. The van der Waals surface area contributed by atoms with Crippen molar-refractivity contribution in [1.29, 1.82) is 0 Å². The van der Waals surface area contributed by atoms with Gasteiger partial charge in [-0.3, -0.25) is 4.79 Å². The van der Waals surface area contributed by atoms with Crippen LogP contribution in [0.4, 0.5) is 10.1 Å². The van der Waals surface area contributed by atoms with Gasteiger partial charge in [0.1, 0.15) is 5.82 Å². The van der Waals surface area contributed by atoms with Crippen molar-refractivity contribution in [3.05, 3.63) is 70.3 Å². The number of aromatic nitrogens is 3. The van der Waals surface area contributed by atoms with E-state index in [1.165, 1.54) is 16.8 Å². The topological polar surface area (TPSA) is 59.8 Å². The third-order valence-corrected chi connectivity index (χ3v) is 4.04. The van der Waals surface area contributed by atoms with E-state index in [1.54, 1.807) is 25.1 Å². The van der Waals surface area contributed by atoms with Crippen LogP contribution in [0.3, 0.4) is 0 Å². The first-order chi connectivity index (χ1) is 11.5. The summed E-state index contributed by atoms with van der Waals surface area (Å²) in [4.78, 5) is 12.3. The standard InChI is InChI=1S/C17H14ClFN4O/c1-10-7-8-12(9-13(10)18)23-11(2)16(21-22-23)17(24)20-15-6-4-3-5-14(15)19/h3-9H,1-2H3,(H,20,24). The first kappa shape index (κ1) is 16.1. The van der Waals surface area contributed by atoms with Crippen LogP contribution in [-0.2, 0) is 0 Å². The lowest BCUT2D eigenvalue weighted by molar-refractivity contribution is 0.102. The van der Waals surface area contributed by atoms with Gasteiger partial charge in [-0.15, -0.1) is 5.10 Å².